The van der Waals surface area contributed by atoms with Gasteiger partial charge in [-0.3, -0.25) is 19.7 Å². The minimum Gasteiger partial charge on any atom is -0.465 e. The monoisotopic (exact) mass is 355 g/mol. The Morgan fingerprint density at radius 2 is 1.65 bits per heavy atom. The largest absolute Gasteiger partial charge is 0.465 e. The molecule has 0 radical (unpaired) electrons. The lowest BCUT2D eigenvalue weighted by Crippen LogP contribution is -2.42. The van der Waals surface area contributed by atoms with Crippen molar-refractivity contribution in [2.75, 3.05) is 6.61 Å². The van der Waals surface area contributed by atoms with Gasteiger partial charge in [-0.15, -0.1) is 0 Å². The first-order valence-electron chi connectivity index (χ1n) is 8.45. The van der Waals surface area contributed by atoms with Gasteiger partial charge in [0.2, 0.25) is 0 Å². The third-order valence-electron chi connectivity index (χ3n) is 4.39. The number of benzene rings is 2. The Kier molecular flexibility index (Phi) is 6.22. The number of ether oxygens (including phenoxy) is 1. The molecule has 0 aromatic heterocycles. The average Bonchev–Trinajstić information content (AvgIpc) is 2.66. The third-order valence-corrected chi connectivity index (χ3v) is 4.39. The molecular weight excluding hydrogens is 334 g/mol. The molecule has 0 spiro atoms. The van der Waals surface area contributed by atoms with Crippen molar-refractivity contribution in [2.45, 2.75) is 26.7 Å². The normalized spacial score (nSPS) is 12.8. The van der Waals surface area contributed by atoms with Crippen LogP contribution >= 0.6 is 0 Å². The number of non-ortho nitro benzene ring substituents is 1. The van der Waals surface area contributed by atoms with Gasteiger partial charge in [-0.1, -0.05) is 37.3 Å². The van der Waals surface area contributed by atoms with Crippen LogP contribution in [-0.2, 0) is 16.0 Å². The molecule has 2 aromatic carbocycles. The predicted molar refractivity (Wildman–Crippen MR) is 96.9 cm³/mol. The first kappa shape index (κ1) is 19.3. The fourth-order valence-electron chi connectivity index (χ4n) is 2.90. The first-order valence-corrected chi connectivity index (χ1v) is 8.45. The summed E-state index contributed by atoms with van der Waals surface area (Å²) in [5.41, 5.74) is -0.380. The summed E-state index contributed by atoms with van der Waals surface area (Å²) in [6.07, 6.45) is 0.468. The summed E-state index contributed by atoms with van der Waals surface area (Å²) in [6.45, 7) is 3.63. The predicted octanol–water partition coefficient (Wildman–Crippen LogP) is 3.98. The summed E-state index contributed by atoms with van der Waals surface area (Å²) < 4.78 is 5.21. The maximum atomic E-state index is 13.2. The van der Waals surface area contributed by atoms with Gasteiger partial charge in [0.1, 0.15) is 5.41 Å². The van der Waals surface area contributed by atoms with E-state index < -0.39 is 22.1 Å². The third kappa shape index (κ3) is 3.96. The molecular formula is C20H21NO5. The van der Waals surface area contributed by atoms with Gasteiger partial charge in [0.25, 0.3) is 5.69 Å². The molecule has 0 saturated carbocycles. The molecule has 1 unspecified atom stereocenters. The maximum absolute atomic E-state index is 13.2. The summed E-state index contributed by atoms with van der Waals surface area (Å²) in [7, 11) is 0. The van der Waals surface area contributed by atoms with Crippen LogP contribution in [0.3, 0.4) is 0 Å². The lowest BCUT2D eigenvalue weighted by atomic mass is 9.73. The number of hydrogen-bond donors (Lipinski definition) is 0. The SMILES string of the molecule is CCOC(=O)C(CC)(Cc1ccccc1)C(=O)c1ccc([N+](=O)[O-])cc1. The van der Waals surface area contributed by atoms with Crippen LogP contribution in [-0.4, -0.2) is 23.3 Å². The Labute approximate surface area is 151 Å². The van der Waals surface area contributed by atoms with Gasteiger partial charge in [-0.2, -0.15) is 0 Å². The van der Waals surface area contributed by atoms with Crippen LogP contribution in [0.15, 0.2) is 54.6 Å². The molecule has 0 amide bonds. The molecule has 0 bridgehead atoms. The van der Waals surface area contributed by atoms with Crippen LogP contribution in [0.1, 0.15) is 36.2 Å². The fraction of sp³-hybridized carbons (Fsp3) is 0.300. The van der Waals surface area contributed by atoms with Gasteiger partial charge in [-0.25, -0.2) is 0 Å². The smallest absolute Gasteiger partial charge is 0.320 e. The van der Waals surface area contributed by atoms with Crippen LogP contribution in [0.25, 0.3) is 0 Å². The van der Waals surface area contributed by atoms with E-state index in [-0.39, 0.29) is 30.7 Å². The van der Waals surface area contributed by atoms with Crippen molar-refractivity contribution in [1.29, 1.82) is 0 Å². The minimum absolute atomic E-state index is 0.108. The van der Waals surface area contributed by atoms with Gasteiger partial charge in [-0.05, 0) is 37.5 Å². The van der Waals surface area contributed by atoms with E-state index in [9.17, 15) is 19.7 Å². The lowest BCUT2D eigenvalue weighted by Gasteiger charge is -2.29. The number of ketones is 1. The quantitative estimate of drug-likeness (QED) is 0.235. The first-order chi connectivity index (χ1) is 12.4. The molecule has 0 heterocycles. The molecule has 0 fully saturated rings. The molecule has 2 aromatic rings. The summed E-state index contributed by atoms with van der Waals surface area (Å²) >= 11 is 0. The van der Waals surface area contributed by atoms with Crippen LogP contribution < -0.4 is 0 Å². The molecule has 6 nitrogen and oxygen atoms in total. The molecule has 6 heteroatoms. The van der Waals surface area contributed by atoms with Crippen LogP contribution in [0.4, 0.5) is 5.69 Å². The zero-order valence-corrected chi connectivity index (χ0v) is 14.8. The lowest BCUT2D eigenvalue weighted by molar-refractivity contribution is -0.384. The van der Waals surface area contributed by atoms with Crippen LogP contribution in [0.5, 0.6) is 0 Å². The Morgan fingerprint density at radius 3 is 2.15 bits per heavy atom. The van der Waals surface area contributed by atoms with E-state index in [4.69, 9.17) is 4.74 Å². The summed E-state index contributed by atoms with van der Waals surface area (Å²) in [5.74, 6) is -0.966. The van der Waals surface area contributed by atoms with Gasteiger partial charge >= 0.3 is 5.97 Å². The number of nitro groups is 1. The van der Waals surface area contributed by atoms with E-state index in [1.54, 1.807) is 13.8 Å². The van der Waals surface area contributed by atoms with Crippen LogP contribution in [0, 0.1) is 15.5 Å². The summed E-state index contributed by atoms with van der Waals surface area (Å²) in [5, 5.41) is 10.8. The zero-order chi connectivity index (χ0) is 19.2. The van der Waals surface area contributed by atoms with Gasteiger partial charge < -0.3 is 4.74 Å². The molecule has 2 rings (SSSR count). The highest BCUT2D eigenvalue weighted by Crippen LogP contribution is 2.34. The summed E-state index contributed by atoms with van der Waals surface area (Å²) in [4.78, 5) is 36.3. The van der Waals surface area contributed by atoms with E-state index in [2.05, 4.69) is 0 Å². The topological polar surface area (TPSA) is 86.5 Å². The van der Waals surface area contributed by atoms with Crippen LogP contribution in [0.2, 0.25) is 0 Å². The Hall–Kier alpha value is -3.02. The molecule has 0 N–H and O–H groups in total. The Balaban J connectivity index is 2.45. The number of carbonyl (C=O) groups is 2. The van der Waals surface area contributed by atoms with Crippen molar-refractivity contribution in [3.63, 3.8) is 0 Å². The van der Waals surface area contributed by atoms with Crippen molar-refractivity contribution in [1.82, 2.24) is 0 Å². The number of esters is 1. The Morgan fingerprint density at radius 1 is 1.04 bits per heavy atom. The number of carbonyl (C=O) groups excluding carboxylic acids is 2. The van der Waals surface area contributed by atoms with Crippen molar-refractivity contribution >= 4 is 17.4 Å². The molecule has 0 aliphatic heterocycles. The van der Waals surface area contributed by atoms with Crippen molar-refractivity contribution < 1.29 is 19.2 Å². The Bertz CT molecular complexity index is 786. The molecule has 0 aliphatic rings. The molecule has 0 aliphatic carbocycles. The zero-order valence-electron chi connectivity index (χ0n) is 14.8. The highest BCUT2D eigenvalue weighted by molar-refractivity contribution is 6.12. The molecule has 136 valence electrons. The molecule has 0 saturated heterocycles. The number of hydrogen-bond acceptors (Lipinski definition) is 5. The summed E-state index contributed by atoms with van der Waals surface area (Å²) in [6, 6.07) is 14.6. The van der Waals surface area contributed by atoms with Crippen molar-refractivity contribution in [2.24, 2.45) is 5.41 Å². The molecule has 26 heavy (non-hydrogen) atoms. The van der Waals surface area contributed by atoms with E-state index >= 15 is 0 Å². The van der Waals surface area contributed by atoms with E-state index in [1.807, 2.05) is 30.3 Å². The van der Waals surface area contributed by atoms with Crippen molar-refractivity contribution in [3.05, 3.63) is 75.8 Å². The number of Topliss-reactive ketones (excluding diaryl/α,β-unsaturated/α-hetero) is 1. The highest BCUT2D eigenvalue weighted by Gasteiger charge is 2.46. The second-order valence-corrected chi connectivity index (χ2v) is 5.95. The molecule has 1 atom stereocenters. The van der Waals surface area contributed by atoms with Crippen molar-refractivity contribution in [3.8, 4) is 0 Å². The maximum Gasteiger partial charge on any atom is 0.320 e. The standard InChI is InChI=1S/C20H21NO5/c1-3-20(19(23)26-4-2,14-15-8-6-5-7-9-15)18(22)16-10-12-17(13-11-16)21(24)25/h5-13H,3-4,14H2,1-2H3. The average molecular weight is 355 g/mol. The van der Waals surface area contributed by atoms with E-state index in [1.165, 1.54) is 24.3 Å². The van der Waals surface area contributed by atoms with Gasteiger partial charge in [0, 0.05) is 17.7 Å². The van der Waals surface area contributed by atoms with E-state index in [0.717, 1.165) is 5.56 Å². The number of nitrogens with zero attached hydrogens (tertiary/aromatic N) is 1. The number of nitro benzene ring substituents is 1. The highest BCUT2D eigenvalue weighted by atomic mass is 16.6. The van der Waals surface area contributed by atoms with Gasteiger partial charge in [0.05, 0.1) is 11.5 Å². The fourth-order valence-corrected chi connectivity index (χ4v) is 2.90. The van der Waals surface area contributed by atoms with E-state index in [0.29, 0.717) is 0 Å². The van der Waals surface area contributed by atoms with Gasteiger partial charge in [0.15, 0.2) is 5.78 Å². The number of rotatable bonds is 8. The second-order valence-electron chi connectivity index (χ2n) is 5.95. The minimum atomic E-state index is -1.37. The second kappa shape index (κ2) is 8.38.